The fourth-order valence-corrected chi connectivity index (χ4v) is 3.91. The summed E-state index contributed by atoms with van der Waals surface area (Å²) in [5, 5.41) is 10.1. The summed E-state index contributed by atoms with van der Waals surface area (Å²) >= 11 is 13.0. The van der Waals surface area contributed by atoms with Crippen LogP contribution in [0.3, 0.4) is 0 Å². The second-order valence-corrected chi connectivity index (χ2v) is 7.93. The first-order valence-corrected chi connectivity index (χ1v) is 10.2. The van der Waals surface area contributed by atoms with Gasteiger partial charge in [0.05, 0.1) is 35.4 Å². The molecule has 6 heteroatoms. The number of carbonyl (C=O) groups is 1. The Bertz CT molecular complexity index is 1000. The summed E-state index contributed by atoms with van der Waals surface area (Å²) in [5.74, 6) is -0.101. The summed E-state index contributed by atoms with van der Waals surface area (Å²) in [6, 6.07) is 11.2. The number of morpholine rings is 1. The Labute approximate surface area is 181 Å². The molecule has 29 heavy (non-hydrogen) atoms. The Balaban J connectivity index is 1.89. The van der Waals surface area contributed by atoms with Gasteiger partial charge in [-0.3, -0.25) is 4.79 Å². The molecule has 4 nitrogen and oxygen atoms in total. The highest BCUT2D eigenvalue weighted by Crippen LogP contribution is 2.32. The van der Waals surface area contributed by atoms with Crippen molar-refractivity contribution in [3.63, 3.8) is 0 Å². The number of carbonyl (C=O) groups excluding carboxylic acids is 1. The number of allylic oxidation sites excluding steroid dienone is 1. The smallest absolute Gasteiger partial charge is 0.255 e. The van der Waals surface area contributed by atoms with E-state index in [0.29, 0.717) is 53.9 Å². The van der Waals surface area contributed by atoms with Crippen molar-refractivity contribution in [2.75, 3.05) is 26.3 Å². The molecule has 0 unspecified atom stereocenters. The molecule has 1 amide bonds. The zero-order valence-electron chi connectivity index (χ0n) is 16.5. The number of rotatable bonds is 4. The van der Waals surface area contributed by atoms with Gasteiger partial charge >= 0.3 is 0 Å². The number of nitriles is 1. The van der Waals surface area contributed by atoms with Crippen molar-refractivity contribution in [2.24, 2.45) is 0 Å². The summed E-state index contributed by atoms with van der Waals surface area (Å²) in [6.07, 6.45) is 2.54. The minimum atomic E-state index is -0.101. The van der Waals surface area contributed by atoms with Crippen LogP contribution in [-0.4, -0.2) is 37.1 Å². The van der Waals surface area contributed by atoms with Crippen LogP contribution < -0.4 is 0 Å². The molecule has 2 aromatic carbocycles. The van der Waals surface area contributed by atoms with Crippen molar-refractivity contribution in [3.05, 3.63) is 73.8 Å². The van der Waals surface area contributed by atoms with Crippen LogP contribution >= 0.6 is 23.2 Å². The number of benzene rings is 2. The first-order valence-electron chi connectivity index (χ1n) is 9.42. The van der Waals surface area contributed by atoms with Crippen LogP contribution in [0.25, 0.3) is 6.08 Å². The standard InChI is InChI=1S/C23H22Cl2N2O2/c1-15(11-18-13-17(14-26)4-3-16(18)2)12-20-21(24)6-5-19(22(20)25)23(28)27-7-9-29-10-8-27/h3-6,11,13H,7-10,12H2,1-2H3/b15-11+. The Morgan fingerprint density at radius 1 is 1.24 bits per heavy atom. The molecule has 1 aliphatic heterocycles. The van der Waals surface area contributed by atoms with Gasteiger partial charge in [0.2, 0.25) is 0 Å². The summed E-state index contributed by atoms with van der Waals surface area (Å²) in [5.41, 5.74) is 4.90. The minimum Gasteiger partial charge on any atom is -0.378 e. The van der Waals surface area contributed by atoms with E-state index in [1.54, 1.807) is 23.1 Å². The summed E-state index contributed by atoms with van der Waals surface area (Å²) in [7, 11) is 0. The molecule has 0 spiro atoms. The molecule has 0 aromatic heterocycles. The Morgan fingerprint density at radius 2 is 1.97 bits per heavy atom. The van der Waals surface area contributed by atoms with Crippen LogP contribution in [0, 0.1) is 18.3 Å². The van der Waals surface area contributed by atoms with E-state index in [1.807, 2.05) is 32.1 Å². The van der Waals surface area contributed by atoms with Crippen molar-refractivity contribution < 1.29 is 9.53 Å². The van der Waals surface area contributed by atoms with Crippen LogP contribution in [0.1, 0.15) is 39.5 Å². The minimum absolute atomic E-state index is 0.101. The van der Waals surface area contributed by atoms with Crippen molar-refractivity contribution >= 4 is 35.2 Å². The molecule has 150 valence electrons. The van der Waals surface area contributed by atoms with Gasteiger partial charge in [-0.25, -0.2) is 0 Å². The van der Waals surface area contributed by atoms with Crippen molar-refractivity contribution in [1.29, 1.82) is 5.26 Å². The molecule has 1 heterocycles. The van der Waals surface area contributed by atoms with Gasteiger partial charge in [-0.2, -0.15) is 5.26 Å². The highest BCUT2D eigenvalue weighted by atomic mass is 35.5. The average Bonchev–Trinajstić information content (AvgIpc) is 2.73. The second-order valence-electron chi connectivity index (χ2n) is 7.14. The molecule has 1 aliphatic rings. The number of amides is 1. The van der Waals surface area contributed by atoms with Crippen molar-refractivity contribution in [2.45, 2.75) is 20.3 Å². The van der Waals surface area contributed by atoms with E-state index < -0.39 is 0 Å². The number of hydrogen-bond acceptors (Lipinski definition) is 3. The van der Waals surface area contributed by atoms with Crippen molar-refractivity contribution in [1.82, 2.24) is 4.90 Å². The lowest BCUT2D eigenvalue weighted by molar-refractivity contribution is 0.0303. The van der Waals surface area contributed by atoms with Crippen LogP contribution in [0.2, 0.25) is 10.0 Å². The van der Waals surface area contributed by atoms with Gasteiger partial charge in [-0.15, -0.1) is 0 Å². The van der Waals surface area contributed by atoms with E-state index in [-0.39, 0.29) is 5.91 Å². The predicted molar refractivity (Wildman–Crippen MR) is 116 cm³/mol. The quantitative estimate of drug-likeness (QED) is 0.664. The molecule has 0 bridgehead atoms. The maximum atomic E-state index is 12.9. The lowest BCUT2D eigenvalue weighted by atomic mass is 9.98. The topological polar surface area (TPSA) is 53.3 Å². The van der Waals surface area contributed by atoms with Crippen LogP contribution in [0.5, 0.6) is 0 Å². The van der Waals surface area contributed by atoms with Gasteiger partial charge < -0.3 is 9.64 Å². The van der Waals surface area contributed by atoms with E-state index in [0.717, 1.165) is 22.3 Å². The molecular weight excluding hydrogens is 407 g/mol. The van der Waals surface area contributed by atoms with Crippen LogP contribution in [0.15, 0.2) is 35.9 Å². The molecule has 1 saturated heterocycles. The number of ether oxygens (including phenoxy) is 1. The SMILES string of the molecule is C/C(=C\c1cc(C#N)ccc1C)Cc1c(Cl)ccc(C(=O)N2CCOCC2)c1Cl. The van der Waals surface area contributed by atoms with Gasteiger partial charge in [-0.05, 0) is 61.2 Å². The highest BCUT2D eigenvalue weighted by Gasteiger charge is 2.23. The summed E-state index contributed by atoms with van der Waals surface area (Å²) in [4.78, 5) is 14.6. The first kappa shape index (κ1) is 21.4. The fraction of sp³-hybridized carbons (Fsp3) is 0.304. The van der Waals surface area contributed by atoms with E-state index in [4.69, 9.17) is 33.2 Å². The average molecular weight is 429 g/mol. The number of nitrogens with zero attached hydrogens (tertiary/aromatic N) is 2. The Kier molecular flexibility index (Phi) is 6.97. The number of hydrogen-bond donors (Lipinski definition) is 0. The summed E-state index contributed by atoms with van der Waals surface area (Å²) in [6.45, 7) is 6.17. The zero-order valence-corrected chi connectivity index (χ0v) is 18.0. The third-order valence-corrected chi connectivity index (χ3v) is 5.77. The highest BCUT2D eigenvalue weighted by molar-refractivity contribution is 6.38. The van der Waals surface area contributed by atoms with E-state index >= 15 is 0 Å². The summed E-state index contributed by atoms with van der Waals surface area (Å²) < 4.78 is 5.32. The number of aryl methyl sites for hydroxylation is 1. The Hall–Kier alpha value is -2.32. The van der Waals surface area contributed by atoms with Gasteiger partial charge in [0.1, 0.15) is 0 Å². The monoisotopic (exact) mass is 428 g/mol. The third-order valence-electron chi connectivity index (χ3n) is 4.98. The Morgan fingerprint density at radius 3 is 2.66 bits per heavy atom. The number of halogens is 2. The van der Waals surface area contributed by atoms with E-state index in [9.17, 15) is 4.79 Å². The van der Waals surface area contributed by atoms with E-state index in [1.165, 1.54) is 0 Å². The van der Waals surface area contributed by atoms with Gasteiger partial charge in [0.25, 0.3) is 5.91 Å². The molecule has 0 saturated carbocycles. The molecule has 3 rings (SSSR count). The van der Waals surface area contributed by atoms with Crippen LogP contribution in [0.4, 0.5) is 0 Å². The third kappa shape index (κ3) is 5.00. The molecule has 2 aromatic rings. The lowest BCUT2D eigenvalue weighted by Crippen LogP contribution is -2.40. The van der Waals surface area contributed by atoms with Crippen LogP contribution in [-0.2, 0) is 11.2 Å². The lowest BCUT2D eigenvalue weighted by Gasteiger charge is -2.27. The largest absolute Gasteiger partial charge is 0.378 e. The predicted octanol–water partition coefficient (Wildman–Crippen LogP) is 5.29. The van der Waals surface area contributed by atoms with Gasteiger partial charge in [-0.1, -0.05) is 40.9 Å². The van der Waals surface area contributed by atoms with Crippen molar-refractivity contribution in [3.8, 4) is 6.07 Å². The first-order chi connectivity index (χ1) is 13.9. The van der Waals surface area contributed by atoms with E-state index in [2.05, 4.69) is 6.07 Å². The molecular formula is C23H22Cl2N2O2. The maximum absolute atomic E-state index is 12.9. The van der Waals surface area contributed by atoms with Gasteiger partial charge in [0, 0.05) is 18.1 Å². The second kappa shape index (κ2) is 9.45. The molecule has 1 fully saturated rings. The zero-order chi connectivity index (χ0) is 21.0. The maximum Gasteiger partial charge on any atom is 0.255 e. The molecule has 0 radical (unpaired) electrons. The normalized spacial score (nSPS) is 14.6. The van der Waals surface area contributed by atoms with Gasteiger partial charge in [0.15, 0.2) is 0 Å². The molecule has 0 atom stereocenters. The fourth-order valence-electron chi connectivity index (χ4n) is 3.32. The molecule has 0 aliphatic carbocycles. The molecule has 0 N–H and O–H groups in total.